The van der Waals surface area contributed by atoms with Crippen LogP contribution < -0.4 is 0 Å². The van der Waals surface area contributed by atoms with E-state index in [4.69, 9.17) is 0 Å². The molecule has 0 saturated carbocycles. The lowest BCUT2D eigenvalue weighted by Gasteiger charge is -2.21. The zero-order chi connectivity index (χ0) is 17.4. The zero-order valence-electron chi connectivity index (χ0n) is 13.4. The van der Waals surface area contributed by atoms with Crippen LogP contribution in [0.2, 0.25) is 0 Å². The summed E-state index contributed by atoms with van der Waals surface area (Å²) in [7, 11) is -3.65. The minimum Gasteiger partial charge on any atom is -0.476 e. The highest BCUT2D eigenvalue weighted by molar-refractivity contribution is 7.91. The first-order chi connectivity index (χ1) is 10.6. The van der Waals surface area contributed by atoms with Crippen LogP contribution in [0.4, 0.5) is 0 Å². The maximum atomic E-state index is 12.4. The van der Waals surface area contributed by atoms with Crippen LogP contribution in [-0.2, 0) is 9.84 Å². The molecular formula is C16H18N2O4S. The Labute approximate surface area is 135 Å². The molecule has 0 aliphatic heterocycles. The molecule has 1 aromatic carbocycles. The van der Waals surface area contributed by atoms with Crippen molar-refractivity contribution in [1.82, 2.24) is 9.97 Å². The number of hydrogen-bond donors (Lipinski definition) is 1. The van der Waals surface area contributed by atoms with Gasteiger partial charge in [-0.1, -0.05) is 17.7 Å². The Hall–Kier alpha value is -2.28. The van der Waals surface area contributed by atoms with Crippen molar-refractivity contribution < 1.29 is 18.3 Å². The summed E-state index contributed by atoms with van der Waals surface area (Å²) < 4.78 is 24.9. The fourth-order valence-electron chi connectivity index (χ4n) is 2.86. The summed E-state index contributed by atoms with van der Waals surface area (Å²) in [4.78, 5) is 19.2. The van der Waals surface area contributed by atoms with E-state index in [0.29, 0.717) is 5.56 Å². The molecule has 0 aliphatic rings. The monoisotopic (exact) mass is 334 g/mol. The number of benzene rings is 1. The Kier molecular flexibility index (Phi) is 4.51. The van der Waals surface area contributed by atoms with Crippen molar-refractivity contribution in [3.05, 3.63) is 58.2 Å². The van der Waals surface area contributed by atoms with Crippen LogP contribution in [-0.4, -0.2) is 35.7 Å². The van der Waals surface area contributed by atoms with Gasteiger partial charge in [-0.25, -0.2) is 18.2 Å². The molecule has 0 aliphatic carbocycles. The first-order valence-corrected chi connectivity index (χ1v) is 8.89. The van der Waals surface area contributed by atoms with Crippen LogP contribution in [0.1, 0.15) is 43.7 Å². The topological polar surface area (TPSA) is 97.2 Å². The molecule has 0 fully saturated rings. The number of sulfone groups is 1. The van der Waals surface area contributed by atoms with E-state index in [9.17, 15) is 18.3 Å². The molecule has 0 bridgehead atoms. The van der Waals surface area contributed by atoms with Gasteiger partial charge in [0.15, 0.2) is 15.5 Å². The first kappa shape index (κ1) is 17.1. The van der Waals surface area contributed by atoms with Crippen molar-refractivity contribution in [2.75, 3.05) is 6.26 Å². The van der Waals surface area contributed by atoms with Crippen molar-refractivity contribution in [2.45, 2.75) is 26.0 Å². The molecule has 1 heterocycles. The fourth-order valence-corrected chi connectivity index (χ4v) is 4.24. The van der Waals surface area contributed by atoms with E-state index >= 15 is 0 Å². The molecule has 1 N–H and O–H groups in total. The summed E-state index contributed by atoms with van der Waals surface area (Å²) in [6, 6.07) is 3.74. The summed E-state index contributed by atoms with van der Waals surface area (Å²) in [6.45, 7) is 5.54. The molecular weight excluding hydrogens is 316 g/mol. The second-order valence-electron chi connectivity index (χ2n) is 5.62. The highest BCUT2D eigenvalue weighted by Gasteiger charge is 2.33. The van der Waals surface area contributed by atoms with Crippen molar-refractivity contribution in [1.29, 1.82) is 0 Å². The lowest BCUT2D eigenvalue weighted by Crippen LogP contribution is -2.21. The van der Waals surface area contributed by atoms with Gasteiger partial charge in [0.1, 0.15) is 5.25 Å². The minimum atomic E-state index is -3.65. The van der Waals surface area contributed by atoms with Gasteiger partial charge in [0.2, 0.25) is 0 Å². The SMILES string of the molecule is Cc1cc(C)c(C(c2nccnc2C(=O)O)S(C)(=O)=O)c(C)c1. The summed E-state index contributed by atoms with van der Waals surface area (Å²) in [5.41, 5.74) is 2.72. The maximum Gasteiger partial charge on any atom is 0.356 e. The number of aryl methyl sites for hydroxylation is 3. The quantitative estimate of drug-likeness (QED) is 0.921. The fraction of sp³-hybridized carbons (Fsp3) is 0.312. The van der Waals surface area contributed by atoms with E-state index in [0.717, 1.165) is 22.9 Å². The van der Waals surface area contributed by atoms with Gasteiger partial charge in [0.05, 0.1) is 5.69 Å². The third-order valence-corrected chi connectivity index (χ3v) is 4.92. The molecule has 1 aromatic heterocycles. The molecule has 1 atom stereocenters. The Morgan fingerprint density at radius 2 is 1.61 bits per heavy atom. The van der Waals surface area contributed by atoms with Crippen molar-refractivity contribution in [3.63, 3.8) is 0 Å². The standard InChI is InChI=1S/C16H18N2O4S/c1-9-7-10(2)12(11(3)8-9)15(23(4,21)22)13-14(16(19)20)18-6-5-17-13/h5-8,15H,1-4H3,(H,19,20). The van der Waals surface area contributed by atoms with Gasteiger partial charge in [-0.15, -0.1) is 0 Å². The summed E-state index contributed by atoms with van der Waals surface area (Å²) >= 11 is 0. The number of hydrogen-bond acceptors (Lipinski definition) is 5. The highest BCUT2D eigenvalue weighted by atomic mass is 32.2. The summed E-state index contributed by atoms with van der Waals surface area (Å²) in [5, 5.41) is 8.15. The van der Waals surface area contributed by atoms with Crippen molar-refractivity contribution >= 4 is 15.8 Å². The van der Waals surface area contributed by atoms with Crippen LogP contribution in [0.25, 0.3) is 0 Å². The maximum absolute atomic E-state index is 12.4. The third kappa shape index (κ3) is 3.39. The van der Waals surface area contributed by atoms with E-state index in [2.05, 4.69) is 9.97 Å². The Morgan fingerprint density at radius 1 is 1.09 bits per heavy atom. The molecule has 0 spiro atoms. The van der Waals surface area contributed by atoms with Crippen molar-refractivity contribution in [3.8, 4) is 0 Å². The molecule has 0 amide bonds. The third-order valence-electron chi connectivity index (χ3n) is 3.61. The Bertz CT molecular complexity index is 852. The van der Waals surface area contributed by atoms with Gasteiger partial charge in [0.25, 0.3) is 0 Å². The molecule has 23 heavy (non-hydrogen) atoms. The molecule has 7 heteroatoms. The summed E-state index contributed by atoms with van der Waals surface area (Å²) in [6.07, 6.45) is 3.62. The van der Waals surface area contributed by atoms with Gasteiger partial charge < -0.3 is 5.11 Å². The number of rotatable bonds is 4. The van der Waals surface area contributed by atoms with Gasteiger partial charge in [-0.3, -0.25) is 4.98 Å². The van der Waals surface area contributed by atoms with Gasteiger partial charge in [-0.05, 0) is 37.5 Å². The van der Waals surface area contributed by atoms with Gasteiger partial charge in [-0.2, -0.15) is 0 Å². The number of carboxylic acid groups (broad SMARTS) is 1. The first-order valence-electron chi connectivity index (χ1n) is 6.93. The number of aromatic carboxylic acids is 1. The average Bonchev–Trinajstić information content (AvgIpc) is 2.41. The smallest absolute Gasteiger partial charge is 0.356 e. The normalized spacial score (nSPS) is 12.9. The largest absolute Gasteiger partial charge is 0.476 e. The van der Waals surface area contributed by atoms with Crippen LogP contribution in [0.3, 0.4) is 0 Å². The average molecular weight is 334 g/mol. The Morgan fingerprint density at radius 3 is 2.09 bits per heavy atom. The van der Waals surface area contributed by atoms with Crippen LogP contribution in [0.5, 0.6) is 0 Å². The van der Waals surface area contributed by atoms with Gasteiger partial charge >= 0.3 is 5.97 Å². The number of aromatic nitrogens is 2. The molecule has 1 unspecified atom stereocenters. The predicted octanol–water partition coefficient (Wildman–Crippen LogP) is 2.23. The Balaban J connectivity index is 2.84. The molecule has 2 aromatic rings. The minimum absolute atomic E-state index is 0.0578. The van der Waals surface area contributed by atoms with Crippen LogP contribution in [0.15, 0.2) is 24.5 Å². The second kappa shape index (κ2) is 6.08. The van der Waals surface area contributed by atoms with Gasteiger partial charge in [0, 0.05) is 18.6 Å². The molecule has 0 saturated heterocycles. The predicted molar refractivity (Wildman–Crippen MR) is 86.3 cm³/mol. The van der Waals surface area contributed by atoms with Crippen LogP contribution in [0, 0.1) is 20.8 Å². The second-order valence-corrected chi connectivity index (χ2v) is 7.75. The van der Waals surface area contributed by atoms with Crippen molar-refractivity contribution in [2.24, 2.45) is 0 Å². The van der Waals surface area contributed by atoms with E-state index in [1.54, 1.807) is 0 Å². The molecule has 122 valence electrons. The number of carbonyl (C=O) groups is 1. The number of nitrogens with zero attached hydrogens (tertiary/aromatic N) is 2. The lowest BCUT2D eigenvalue weighted by molar-refractivity contribution is 0.0688. The molecule has 0 radical (unpaired) electrons. The summed E-state index contributed by atoms with van der Waals surface area (Å²) in [5.74, 6) is -1.30. The molecule has 6 nitrogen and oxygen atoms in total. The molecule has 2 rings (SSSR count). The lowest BCUT2D eigenvalue weighted by atomic mass is 9.95. The zero-order valence-corrected chi connectivity index (χ0v) is 14.2. The number of carboxylic acids is 1. The van der Waals surface area contributed by atoms with E-state index in [1.165, 1.54) is 12.4 Å². The van der Waals surface area contributed by atoms with E-state index in [-0.39, 0.29) is 11.4 Å². The van der Waals surface area contributed by atoms with E-state index < -0.39 is 21.1 Å². The van der Waals surface area contributed by atoms with E-state index in [1.807, 2.05) is 32.9 Å². The highest BCUT2D eigenvalue weighted by Crippen LogP contribution is 2.34. The van der Waals surface area contributed by atoms with Crippen LogP contribution >= 0.6 is 0 Å².